The molecule has 1 fully saturated rings. The van der Waals surface area contributed by atoms with Crippen LogP contribution in [0.25, 0.3) is 0 Å². The number of ether oxygens (including phenoxy) is 1. The summed E-state index contributed by atoms with van der Waals surface area (Å²) in [6, 6.07) is 7.96. The van der Waals surface area contributed by atoms with Crippen LogP contribution in [-0.2, 0) is 6.54 Å². The van der Waals surface area contributed by atoms with Crippen molar-refractivity contribution in [2.45, 2.75) is 32.4 Å². The fourth-order valence-corrected chi connectivity index (χ4v) is 3.51. The molecule has 2 N–H and O–H groups in total. The van der Waals surface area contributed by atoms with Gasteiger partial charge in [-0.3, -0.25) is 9.48 Å². The normalized spacial score (nSPS) is 20.5. The average Bonchev–Trinajstić information content (AvgIpc) is 3.10. The van der Waals surface area contributed by atoms with Gasteiger partial charge in [0.2, 0.25) is 0 Å². The van der Waals surface area contributed by atoms with Crippen molar-refractivity contribution in [3.63, 3.8) is 0 Å². The highest BCUT2D eigenvalue weighted by Gasteiger charge is 2.31. The molecule has 1 amide bonds. The third kappa shape index (κ3) is 3.85. The molecule has 134 valence electrons. The van der Waals surface area contributed by atoms with Gasteiger partial charge in [0.15, 0.2) is 0 Å². The molecule has 1 saturated heterocycles. The van der Waals surface area contributed by atoms with Crippen LogP contribution in [0.3, 0.4) is 0 Å². The number of likely N-dealkylation sites (tertiary alicyclic amines) is 1. The average molecular weight is 342 g/mol. The van der Waals surface area contributed by atoms with Gasteiger partial charge in [0.05, 0.1) is 25.4 Å². The minimum absolute atomic E-state index is 0.0305. The van der Waals surface area contributed by atoms with Crippen molar-refractivity contribution in [1.29, 1.82) is 0 Å². The Hall–Kier alpha value is -2.34. The Morgan fingerprint density at radius 3 is 2.80 bits per heavy atom. The standard InChI is InChI=1S/C19H26N4O2/c1-14-4-3-9-23(18(14)10-20)19(24)16-11-21-22(13-16)12-15-5-7-17(25-2)8-6-15/h5-8,11,13-14,18H,3-4,9-10,12,20H2,1-2H3/t14-,18-/m1/s1. The second-order valence-corrected chi connectivity index (χ2v) is 6.70. The van der Waals surface area contributed by atoms with Crippen LogP contribution in [0.4, 0.5) is 0 Å². The van der Waals surface area contributed by atoms with Crippen molar-refractivity contribution in [2.75, 3.05) is 20.2 Å². The highest BCUT2D eigenvalue weighted by atomic mass is 16.5. The van der Waals surface area contributed by atoms with Gasteiger partial charge in [-0.25, -0.2) is 0 Å². The molecule has 2 aromatic rings. The van der Waals surface area contributed by atoms with E-state index in [1.165, 1.54) is 0 Å². The summed E-state index contributed by atoms with van der Waals surface area (Å²) < 4.78 is 6.96. The van der Waals surface area contributed by atoms with Crippen LogP contribution >= 0.6 is 0 Å². The minimum Gasteiger partial charge on any atom is -0.497 e. The van der Waals surface area contributed by atoms with Gasteiger partial charge in [-0.05, 0) is 36.5 Å². The number of carbonyl (C=O) groups excluding carboxylic acids is 1. The van der Waals surface area contributed by atoms with Crippen LogP contribution in [0, 0.1) is 5.92 Å². The van der Waals surface area contributed by atoms with Crippen LogP contribution in [0.5, 0.6) is 5.75 Å². The Bertz CT molecular complexity index is 710. The monoisotopic (exact) mass is 342 g/mol. The van der Waals surface area contributed by atoms with E-state index in [0.717, 1.165) is 30.7 Å². The fraction of sp³-hybridized carbons (Fsp3) is 0.474. The molecule has 0 spiro atoms. The van der Waals surface area contributed by atoms with E-state index in [2.05, 4.69) is 12.0 Å². The van der Waals surface area contributed by atoms with E-state index in [4.69, 9.17) is 10.5 Å². The predicted octanol–water partition coefficient (Wildman–Crippen LogP) is 2.14. The molecule has 1 aliphatic rings. The molecule has 6 heteroatoms. The minimum atomic E-state index is 0.0305. The number of rotatable bonds is 5. The first-order valence-corrected chi connectivity index (χ1v) is 8.78. The lowest BCUT2D eigenvalue weighted by Crippen LogP contribution is -2.51. The molecule has 2 atom stereocenters. The van der Waals surface area contributed by atoms with Gasteiger partial charge >= 0.3 is 0 Å². The third-order valence-corrected chi connectivity index (χ3v) is 5.00. The molecule has 0 bridgehead atoms. The Kier molecular flexibility index (Phi) is 5.38. The third-order valence-electron chi connectivity index (χ3n) is 5.00. The largest absolute Gasteiger partial charge is 0.497 e. The van der Waals surface area contributed by atoms with E-state index in [9.17, 15) is 4.79 Å². The SMILES string of the molecule is COc1ccc(Cn2cc(C(=O)N3CCC[C@@H](C)[C@H]3CN)cn2)cc1. The number of aromatic nitrogens is 2. The Labute approximate surface area is 148 Å². The Balaban J connectivity index is 1.70. The zero-order chi connectivity index (χ0) is 17.8. The molecule has 0 saturated carbocycles. The Morgan fingerprint density at radius 1 is 1.36 bits per heavy atom. The molecule has 0 aliphatic carbocycles. The second-order valence-electron chi connectivity index (χ2n) is 6.70. The first-order chi connectivity index (χ1) is 12.1. The van der Waals surface area contributed by atoms with E-state index >= 15 is 0 Å². The maximum Gasteiger partial charge on any atom is 0.257 e. The quantitative estimate of drug-likeness (QED) is 0.903. The number of hydrogen-bond donors (Lipinski definition) is 1. The number of amides is 1. The molecule has 6 nitrogen and oxygen atoms in total. The molecule has 0 radical (unpaired) electrons. The summed E-state index contributed by atoms with van der Waals surface area (Å²) in [7, 11) is 1.65. The molecular formula is C19H26N4O2. The summed E-state index contributed by atoms with van der Waals surface area (Å²) in [5.74, 6) is 1.30. The first-order valence-electron chi connectivity index (χ1n) is 8.78. The van der Waals surface area contributed by atoms with E-state index in [1.54, 1.807) is 18.0 Å². The van der Waals surface area contributed by atoms with Crippen molar-refractivity contribution in [3.05, 3.63) is 47.8 Å². The number of nitrogens with two attached hydrogens (primary N) is 1. The number of piperidine rings is 1. The molecule has 3 rings (SSSR count). The summed E-state index contributed by atoms with van der Waals surface area (Å²) >= 11 is 0. The van der Waals surface area contributed by atoms with Crippen molar-refractivity contribution in [1.82, 2.24) is 14.7 Å². The van der Waals surface area contributed by atoms with Gasteiger partial charge < -0.3 is 15.4 Å². The van der Waals surface area contributed by atoms with Crippen molar-refractivity contribution in [3.8, 4) is 5.75 Å². The van der Waals surface area contributed by atoms with Crippen LogP contribution < -0.4 is 10.5 Å². The zero-order valence-corrected chi connectivity index (χ0v) is 14.9. The highest BCUT2D eigenvalue weighted by molar-refractivity contribution is 5.94. The van der Waals surface area contributed by atoms with E-state index < -0.39 is 0 Å². The molecule has 1 aliphatic heterocycles. The predicted molar refractivity (Wildman–Crippen MR) is 96.6 cm³/mol. The van der Waals surface area contributed by atoms with Gasteiger partial charge in [-0.15, -0.1) is 0 Å². The molecular weight excluding hydrogens is 316 g/mol. The number of nitrogens with zero attached hydrogens (tertiary/aromatic N) is 3. The van der Waals surface area contributed by atoms with Crippen molar-refractivity contribution >= 4 is 5.91 Å². The van der Waals surface area contributed by atoms with Crippen molar-refractivity contribution in [2.24, 2.45) is 11.7 Å². The molecule has 25 heavy (non-hydrogen) atoms. The van der Waals surface area contributed by atoms with Crippen LogP contribution in [0.15, 0.2) is 36.7 Å². The second kappa shape index (κ2) is 7.70. The maximum atomic E-state index is 12.9. The van der Waals surface area contributed by atoms with Crippen LogP contribution in [0.1, 0.15) is 35.7 Å². The highest BCUT2D eigenvalue weighted by Crippen LogP contribution is 2.24. The summed E-state index contributed by atoms with van der Waals surface area (Å²) in [6.07, 6.45) is 5.63. The van der Waals surface area contributed by atoms with Crippen LogP contribution in [-0.4, -0.2) is 46.8 Å². The van der Waals surface area contributed by atoms with Gasteiger partial charge in [-0.2, -0.15) is 5.10 Å². The van der Waals surface area contributed by atoms with E-state index in [1.807, 2.05) is 35.4 Å². The lowest BCUT2D eigenvalue weighted by molar-refractivity contribution is 0.0532. The van der Waals surface area contributed by atoms with E-state index in [0.29, 0.717) is 24.6 Å². The fourth-order valence-electron chi connectivity index (χ4n) is 3.51. The van der Waals surface area contributed by atoms with Crippen LogP contribution in [0.2, 0.25) is 0 Å². The zero-order valence-electron chi connectivity index (χ0n) is 14.9. The summed E-state index contributed by atoms with van der Waals surface area (Å²) in [5.41, 5.74) is 7.64. The first kappa shape index (κ1) is 17.5. The van der Waals surface area contributed by atoms with Gasteiger partial charge in [-0.1, -0.05) is 19.1 Å². The molecule has 1 aromatic carbocycles. The molecule has 1 aromatic heterocycles. The summed E-state index contributed by atoms with van der Waals surface area (Å²) in [4.78, 5) is 14.8. The number of benzene rings is 1. The van der Waals surface area contributed by atoms with E-state index in [-0.39, 0.29) is 11.9 Å². The van der Waals surface area contributed by atoms with Gasteiger partial charge in [0.25, 0.3) is 5.91 Å². The number of carbonyl (C=O) groups is 1. The molecule has 2 heterocycles. The lowest BCUT2D eigenvalue weighted by atomic mass is 9.90. The maximum absolute atomic E-state index is 12.9. The number of methoxy groups -OCH3 is 1. The van der Waals surface area contributed by atoms with Gasteiger partial charge in [0.1, 0.15) is 5.75 Å². The van der Waals surface area contributed by atoms with Gasteiger partial charge in [0, 0.05) is 25.3 Å². The van der Waals surface area contributed by atoms with Crippen molar-refractivity contribution < 1.29 is 9.53 Å². The smallest absolute Gasteiger partial charge is 0.257 e. The number of hydrogen-bond acceptors (Lipinski definition) is 4. The lowest BCUT2D eigenvalue weighted by Gasteiger charge is -2.39. The summed E-state index contributed by atoms with van der Waals surface area (Å²) in [6.45, 7) is 4.07. The topological polar surface area (TPSA) is 73.4 Å². The molecule has 0 unspecified atom stereocenters. The Morgan fingerprint density at radius 2 is 2.12 bits per heavy atom. The summed E-state index contributed by atoms with van der Waals surface area (Å²) in [5, 5.41) is 4.35.